The lowest BCUT2D eigenvalue weighted by molar-refractivity contribution is -0.113. The average molecular weight is 428 g/mol. The minimum atomic E-state index is -0.426. The van der Waals surface area contributed by atoms with Gasteiger partial charge in [0.25, 0.3) is 11.8 Å². The molecule has 1 heterocycles. The van der Waals surface area contributed by atoms with Gasteiger partial charge in [0.05, 0.1) is 0 Å². The second kappa shape index (κ2) is 8.98. The van der Waals surface area contributed by atoms with E-state index in [-0.39, 0.29) is 18.4 Å². The minimum absolute atomic E-state index is 0.119. The van der Waals surface area contributed by atoms with Gasteiger partial charge in [0.15, 0.2) is 11.5 Å². The lowest BCUT2D eigenvalue weighted by Gasteiger charge is -2.12. The molecule has 1 aliphatic rings. The number of hydrogen-bond donors (Lipinski definition) is 2. The first kappa shape index (κ1) is 21.2. The van der Waals surface area contributed by atoms with Gasteiger partial charge in [-0.3, -0.25) is 9.59 Å². The van der Waals surface area contributed by atoms with Crippen molar-refractivity contribution in [2.75, 3.05) is 12.1 Å². The molecule has 0 aromatic heterocycles. The van der Waals surface area contributed by atoms with Crippen molar-refractivity contribution in [3.63, 3.8) is 0 Å². The maximum absolute atomic E-state index is 13.1. The van der Waals surface area contributed by atoms with Crippen LogP contribution in [-0.4, -0.2) is 18.6 Å². The minimum Gasteiger partial charge on any atom is -0.454 e. The predicted molar refractivity (Wildman–Crippen MR) is 124 cm³/mol. The molecule has 0 spiro atoms. The van der Waals surface area contributed by atoms with Gasteiger partial charge in [-0.25, -0.2) is 0 Å². The molecule has 32 heavy (non-hydrogen) atoms. The maximum Gasteiger partial charge on any atom is 0.272 e. The first-order valence-corrected chi connectivity index (χ1v) is 10.3. The topological polar surface area (TPSA) is 76.7 Å². The number of fused-ring (bicyclic) bond motifs is 1. The summed E-state index contributed by atoms with van der Waals surface area (Å²) >= 11 is 0. The van der Waals surface area contributed by atoms with E-state index < -0.39 is 5.91 Å². The Balaban J connectivity index is 1.64. The molecule has 162 valence electrons. The van der Waals surface area contributed by atoms with E-state index in [0.29, 0.717) is 28.3 Å². The monoisotopic (exact) mass is 428 g/mol. The highest BCUT2D eigenvalue weighted by atomic mass is 16.7. The van der Waals surface area contributed by atoms with Crippen molar-refractivity contribution in [2.24, 2.45) is 0 Å². The average Bonchev–Trinajstić information content (AvgIpc) is 3.23. The van der Waals surface area contributed by atoms with Crippen molar-refractivity contribution < 1.29 is 19.1 Å². The Kier molecular flexibility index (Phi) is 5.94. The fraction of sp³-hybridized carbons (Fsp3) is 0.154. The predicted octanol–water partition coefficient (Wildman–Crippen LogP) is 4.75. The molecule has 0 saturated carbocycles. The number of ether oxygens (including phenoxy) is 2. The van der Waals surface area contributed by atoms with Crippen LogP contribution in [0.3, 0.4) is 0 Å². The highest BCUT2D eigenvalue weighted by Crippen LogP contribution is 2.33. The molecule has 0 fully saturated rings. The molecular formula is C26H24N2O4. The lowest BCUT2D eigenvalue weighted by atomic mass is 10.1. The Hall–Kier alpha value is -4.06. The van der Waals surface area contributed by atoms with E-state index in [2.05, 4.69) is 10.6 Å². The van der Waals surface area contributed by atoms with Gasteiger partial charge in [0.1, 0.15) is 5.70 Å². The summed E-state index contributed by atoms with van der Waals surface area (Å²) in [6.45, 7) is 6.03. The third-order valence-corrected chi connectivity index (χ3v) is 5.25. The zero-order valence-electron chi connectivity index (χ0n) is 18.2. The smallest absolute Gasteiger partial charge is 0.272 e. The van der Waals surface area contributed by atoms with Crippen LogP contribution in [0.25, 0.3) is 6.08 Å². The third kappa shape index (κ3) is 4.81. The van der Waals surface area contributed by atoms with E-state index in [1.807, 2.05) is 45.0 Å². The number of hydrogen-bond acceptors (Lipinski definition) is 4. The Morgan fingerprint density at radius 3 is 2.47 bits per heavy atom. The van der Waals surface area contributed by atoms with Crippen LogP contribution in [0, 0.1) is 20.8 Å². The number of aryl methyl sites for hydroxylation is 3. The molecule has 2 N–H and O–H groups in total. The molecule has 0 atom stereocenters. The Morgan fingerprint density at radius 1 is 0.875 bits per heavy atom. The molecule has 3 aromatic carbocycles. The Morgan fingerprint density at radius 2 is 1.69 bits per heavy atom. The third-order valence-electron chi connectivity index (χ3n) is 5.25. The van der Waals surface area contributed by atoms with Gasteiger partial charge >= 0.3 is 0 Å². The van der Waals surface area contributed by atoms with Crippen molar-refractivity contribution in [1.82, 2.24) is 5.32 Å². The number of amides is 2. The van der Waals surface area contributed by atoms with Crippen LogP contribution in [0.2, 0.25) is 0 Å². The van der Waals surface area contributed by atoms with Crippen molar-refractivity contribution in [1.29, 1.82) is 0 Å². The summed E-state index contributed by atoms with van der Waals surface area (Å²) in [6, 6.07) is 18.2. The molecule has 0 unspecified atom stereocenters. The molecule has 4 rings (SSSR count). The van der Waals surface area contributed by atoms with Gasteiger partial charge < -0.3 is 20.1 Å². The van der Waals surface area contributed by atoms with Gasteiger partial charge in [-0.15, -0.1) is 0 Å². The summed E-state index contributed by atoms with van der Waals surface area (Å²) in [4.78, 5) is 26.0. The summed E-state index contributed by atoms with van der Waals surface area (Å²) in [5.74, 6) is 0.453. The second-order valence-electron chi connectivity index (χ2n) is 7.75. The zero-order valence-corrected chi connectivity index (χ0v) is 18.2. The van der Waals surface area contributed by atoms with Crippen molar-refractivity contribution in [3.05, 3.63) is 94.2 Å². The van der Waals surface area contributed by atoms with Crippen LogP contribution < -0.4 is 20.1 Å². The summed E-state index contributed by atoms with van der Waals surface area (Å²) in [6.07, 6.45) is 1.62. The van der Waals surface area contributed by atoms with E-state index >= 15 is 0 Å². The molecule has 6 heteroatoms. The summed E-state index contributed by atoms with van der Waals surface area (Å²) in [5.41, 5.74) is 5.05. The SMILES string of the molecule is Cc1cccc(NC(=O)C(=Cc2ccc3c(c2)OCO3)NC(=O)c2ccc(C)c(C)c2)c1. The molecule has 6 nitrogen and oxygen atoms in total. The lowest BCUT2D eigenvalue weighted by Crippen LogP contribution is -2.30. The molecule has 0 bridgehead atoms. The van der Waals surface area contributed by atoms with Crippen molar-refractivity contribution in [2.45, 2.75) is 20.8 Å². The van der Waals surface area contributed by atoms with Crippen LogP contribution >= 0.6 is 0 Å². The van der Waals surface area contributed by atoms with Gasteiger partial charge in [-0.2, -0.15) is 0 Å². The van der Waals surface area contributed by atoms with Crippen LogP contribution in [0.5, 0.6) is 11.5 Å². The van der Waals surface area contributed by atoms with E-state index in [0.717, 1.165) is 16.7 Å². The number of benzene rings is 3. The van der Waals surface area contributed by atoms with Gasteiger partial charge in [-0.1, -0.05) is 24.3 Å². The van der Waals surface area contributed by atoms with Crippen LogP contribution in [0.4, 0.5) is 5.69 Å². The number of carbonyl (C=O) groups is 2. The summed E-state index contributed by atoms with van der Waals surface area (Å²) < 4.78 is 10.8. The standard InChI is InChI=1S/C26H24N2O4/c1-16-5-4-6-21(11-16)27-26(30)22(13-19-8-10-23-24(14-19)32-15-31-23)28-25(29)20-9-7-17(2)18(3)12-20/h4-14H,15H2,1-3H3,(H,27,30)(H,28,29). The normalized spacial score (nSPS) is 12.4. The quantitative estimate of drug-likeness (QED) is 0.575. The molecule has 2 amide bonds. The largest absolute Gasteiger partial charge is 0.454 e. The number of nitrogens with one attached hydrogen (secondary N) is 2. The molecular weight excluding hydrogens is 404 g/mol. The van der Waals surface area contributed by atoms with E-state index in [9.17, 15) is 9.59 Å². The van der Waals surface area contributed by atoms with Gasteiger partial charge in [0, 0.05) is 11.3 Å². The first-order valence-electron chi connectivity index (χ1n) is 10.3. The number of rotatable bonds is 5. The van der Waals surface area contributed by atoms with E-state index in [4.69, 9.17) is 9.47 Å². The number of anilines is 1. The van der Waals surface area contributed by atoms with Crippen LogP contribution in [-0.2, 0) is 4.79 Å². The van der Waals surface area contributed by atoms with Gasteiger partial charge in [-0.05, 0) is 85.5 Å². The Labute approximate surface area is 186 Å². The maximum atomic E-state index is 13.1. The van der Waals surface area contributed by atoms with Crippen molar-refractivity contribution >= 4 is 23.6 Å². The van der Waals surface area contributed by atoms with E-state index in [1.54, 1.807) is 42.5 Å². The number of carbonyl (C=O) groups excluding carboxylic acids is 2. The highest BCUT2D eigenvalue weighted by Gasteiger charge is 2.17. The molecule has 0 saturated heterocycles. The molecule has 0 aliphatic carbocycles. The van der Waals surface area contributed by atoms with Crippen LogP contribution in [0.1, 0.15) is 32.6 Å². The molecule has 0 radical (unpaired) electrons. The van der Waals surface area contributed by atoms with E-state index in [1.165, 1.54) is 0 Å². The highest BCUT2D eigenvalue weighted by molar-refractivity contribution is 6.10. The van der Waals surface area contributed by atoms with Crippen LogP contribution in [0.15, 0.2) is 66.4 Å². The zero-order chi connectivity index (χ0) is 22.7. The fourth-order valence-electron chi connectivity index (χ4n) is 3.33. The van der Waals surface area contributed by atoms with Gasteiger partial charge in [0.2, 0.25) is 6.79 Å². The first-order chi connectivity index (χ1) is 15.4. The summed E-state index contributed by atoms with van der Waals surface area (Å²) in [7, 11) is 0. The molecule has 3 aromatic rings. The Bertz CT molecular complexity index is 1230. The molecule has 1 aliphatic heterocycles. The van der Waals surface area contributed by atoms with Crippen molar-refractivity contribution in [3.8, 4) is 11.5 Å². The second-order valence-corrected chi connectivity index (χ2v) is 7.75. The fourth-order valence-corrected chi connectivity index (χ4v) is 3.33. The summed E-state index contributed by atoms with van der Waals surface area (Å²) in [5, 5.41) is 5.62.